The lowest BCUT2D eigenvalue weighted by Gasteiger charge is -2.08. The molecule has 1 heterocycles. The van der Waals surface area contributed by atoms with Crippen molar-refractivity contribution in [1.29, 1.82) is 0 Å². The molecule has 1 N–H and O–H groups in total. The number of rotatable bonds is 4. The molecule has 0 amide bonds. The molecule has 0 saturated heterocycles. The van der Waals surface area contributed by atoms with Crippen molar-refractivity contribution >= 4 is 11.6 Å². The SMILES string of the molecule is CNCCc1ncn(C)c1-c1ccccc1Cl. The van der Waals surface area contributed by atoms with Gasteiger partial charge >= 0.3 is 0 Å². The van der Waals surface area contributed by atoms with Crippen LogP contribution in [-0.2, 0) is 13.5 Å². The van der Waals surface area contributed by atoms with Crippen molar-refractivity contribution in [2.45, 2.75) is 6.42 Å². The number of hydrogen-bond acceptors (Lipinski definition) is 2. The zero-order valence-electron chi connectivity index (χ0n) is 10.1. The van der Waals surface area contributed by atoms with Gasteiger partial charge in [-0.1, -0.05) is 29.8 Å². The monoisotopic (exact) mass is 249 g/mol. The number of likely N-dealkylation sites (N-methyl/N-ethyl adjacent to an activating group) is 1. The number of imidazole rings is 1. The Morgan fingerprint density at radius 3 is 2.82 bits per heavy atom. The van der Waals surface area contributed by atoms with E-state index >= 15 is 0 Å². The molecule has 0 aliphatic heterocycles. The minimum Gasteiger partial charge on any atom is -0.333 e. The van der Waals surface area contributed by atoms with Crippen molar-refractivity contribution in [3.8, 4) is 11.3 Å². The fourth-order valence-corrected chi connectivity index (χ4v) is 2.13. The minimum atomic E-state index is 0.766. The van der Waals surface area contributed by atoms with Crippen LogP contribution in [0.15, 0.2) is 30.6 Å². The van der Waals surface area contributed by atoms with Crippen molar-refractivity contribution in [3.63, 3.8) is 0 Å². The predicted octanol–water partition coefficient (Wildman–Crippen LogP) is 2.50. The third-order valence-corrected chi connectivity index (χ3v) is 3.08. The molecule has 0 atom stereocenters. The van der Waals surface area contributed by atoms with Gasteiger partial charge < -0.3 is 9.88 Å². The molecule has 0 radical (unpaired) electrons. The van der Waals surface area contributed by atoms with Gasteiger partial charge in [-0.25, -0.2) is 4.98 Å². The zero-order chi connectivity index (χ0) is 12.3. The topological polar surface area (TPSA) is 29.9 Å². The number of aromatic nitrogens is 2. The van der Waals surface area contributed by atoms with E-state index in [4.69, 9.17) is 11.6 Å². The van der Waals surface area contributed by atoms with Gasteiger partial charge in [-0.05, 0) is 13.1 Å². The van der Waals surface area contributed by atoms with E-state index < -0.39 is 0 Å². The molecule has 2 aromatic rings. The molecule has 0 fully saturated rings. The number of aryl methyl sites for hydroxylation is 1. The van der Waals surface area contributed by atoms with Gasteiger partial charge in [0.15, 0.2) is 0 Å². The maximum absolute atomic E-state index is 6.24. The molecule has 1 aromatic carbocycles. The Morgan fingerprint density at radius 2 is 2.12 bits per heavy atom. The van der Waals surface area contributed by atoms with Crippen LogP contribution in [-0.4, -0.2) is 23.1 Å². The van der Waals surface area contributed by atoms with Crippen molar-refractivity contribution in [3.05, 3.63) is 41.3 Å². The van der Waals surface area contributed by atoms with Crippen LogP contribution < -0.4 is 5.32 Å². The summed E-state index contributed by atoms with van der Waals surface area (Å²) in [5.74, 6) is 0. The summed E-state index contributed by atoms with van der Waals surface area (Å²) in [6.07, 6.45) is 2.74. The molecular weight excluding hydrogens is 234 g/mol. The highest BCUT2D eigenvalue weighted by atomic mass is 35.5. The first-order valence-electron chi connectivity index (χ1n) is 5.63. The molecule has 3 nitrogen and oxygen atoms in total. The second kappa shape index (κ2) is 5.34. The van der Waals surface area contributed by atoms with Gasteiger partial charge in [-0.15, -0.1) is 0 Å². The Bertz CT molecular complexity index is 505. The van der Waals surface area contributed by atoms with Crippen LogP contribution in [0, 0.1) is 0 Å². The fourth-order valence-electron chi connectivity index (χ4n) is 1.90. The maximum atomic E-state index is 6.24. The lowest BCUT2D eigenvalue weighted by Crippen LogP contribution is -2.11. The van der Waals surface area contributed by atoms with Gasteiger partial charge in [0, 0.05) is 30.6 Å². The Morgan fingerprint density at radius 1 is 1.35 bits per heavy atom. The largest absolute Gasteiger partial charge is 0.333 e. The number of benzene rings is 1. The number of nitrogens with zero attached hydrogens (tertiary/aromatic N) is 2. The summed E-state index contributed by atoms with van der Waals surface area (Å²) < 4.78 is 2.02. The second-order valence-electron chi connectivity index (χ2n) is 3.98. The summed E-state index contributed by atoms with van der Waals surface area (Å²) in [5.41, 5.74) is 3.22. The minimum absolute atomic E-state index is 0.766. The molecular formula is C13H16ClN3. The van der Waals surface area contributed by atoms with E-state index in [1.54, 1.807) is 0 Å². The van der Waals surface area contributed by atoms with E-state index in [0.717, 1.165) is 34.9 Å². The van der Waals surface area contributed by atoms with E-state index in [1.165, 1.54) is 0 Å². The molecule has 0 aliphatic carbocycles. The van der Waals surface area contributed by atoms with Crippen molar-refractivity contribution in [2.75, 3.05) is 13.6 Å². The lowest BCUT2D eigenvalue weighted by molar-refractivity contribution is 0.780. The highest BCUT2D eigenvalue weighted by Crippen LogP contribution is 2.29. The average Bonchev–Trinajstić information content (AvgIpc) is 2.69. The van der Waals surface area contributed by atoms with Gasteiger partial charge in [0.2, 0.25) is 0 Å². The number of hydrogen-bond donors (Lipinski definition) is 1. The predicted molar refractivity (Wildman–Crippen MR) is 71.3 cm³/mol. The molecule has 90 valence electrons. The Kier molecular flexibility index (Phi) is 3.82. The molecule has 2 rings (SSSR count). The second-order valence-corrected chi connectivity index (χ2v) is 4.39. The molecule has 0 bridgehead atoms. The van der Waals surface area contributed by atoms with E-state index in [-0.39, 0.29) is 0 Å². The van der Waals surface area contributed by atoms with Crippen molar-refractivity contribution in [2.24, 2.45) is 7.05 Å². The van der Waals surface area contributed by atoms with Gasteiger partial charge in [0.25, 0.3) is 0 Å². The summed E-state index contributed by atoms with van der Waals surface area (Å²) in [6, 6.07) is 7.87. The first kappa shape index (κ1) is 12.1. The van der Waals surface area contributed by atoms with Crippen LogP contribution in [0.25, 0.3) is 11.3 Å². The molecule has 0 unspecified atom stereocenters. The summed E-state index contributed by atoms with van der Waals surface area (Å²) in [7, 11) is 3.94. The van der Waals surface area contributed by atoms with Crippen LogP contribution in [0.4, 0.5) is 0 Å². The first-order valence-corrected chi connectivity index (χ1v) is 6.01. The van der Waals surface area contributed by atoms with E-state index in [2.05, 4.69) is 10.3 Å². The average molecular weight is 250 g/mol. The van der Waals surface area contributed by atoms with Crippen molar-refractivity contribution in [1.82, 2.24) is 14.9 Å². The Balaban J connectivity index is 2.44. The van der Waals surface area contributed by atoms with Gasteiger partial charge in [-0.3, -0.25) is 0 Å². The highest BCUT2D eigenvalue weighted by Gasteiger charge is 2.13. The number of halogens is 1. The van der Waals surface area contributed by atoms with E-state index in [0.29, 0.717) is 0 Å². The van der Waals surface area contributed by atoms with Crippen LogP contribution in [0.1, 0.15) is 5.69 Å². The molecule has 0 aliphatic rings. The maximum Gasteiger partial charge on any atom is 0.0951 e. The van der Waals surface area contributed by atoms with Gasteiger partial charge in [-0.2, -0.15) is 0 Å². The molecule has 0 spiro atoms. The van der Waals surface area contributed by atoms with E-state index in [9.17, 15) is 0 Å². The summed E-state index contributed by atoms with van der Waals surface area (Å²) >= 11 is 6.24. The van der Waals surface area contributed by atoms with Gasteiger partial charge in [0.1, 0.15) is 0 Å². The molecule has 1 aromatic heterocycles. The molecule has 0 saturated carbocycles. The smallest absolute Gasteiger partial charge is 0.0951 e. The third kappa shape index (κ3) is 2.51. The number of nitrogens with one attached hydrogen (secondary N) is 1. The third-order valence-electron chi connectivity index (χ3n) is 2.75. The highest BCUT2D eigenvalue weighted by molar-refractivity contribution is 6.33. The Hall–Kier alpha value is -1.32. The summed E-state index contributed by atoms with van der Waals surface area (Å²) in [6.45, 7) is 0.911. The van der Waals surface area contributed by atoms with Crippen LogP contribution in [0.3, 0.4) is 0 Å². The first-order chi connectivity index (χ1) is 8.24. The summed E-state index contributed by atoms with van der Waals surface area (Å²) in [5, 5.41) is 3.90. The normalized spacial score (nSPS) is 10.8. The Labute approximate surface area is 106 Å². The molecule has 17 heavy (non-hydrogen) atoms. The fraction of sp³-hybridized carbons (Fsp3) is 0.308. The molecule has 4 heteroatoms. The zero-order valence-corrected chi connectivity index (χ0v) is 10.8. The van der Waals surface area contributed by atoms with Gasteiger partial charge in [0.05, 0.1) is 17.7 Å². The van der Waals surface area contributed by atoms with Crippen LogP contribution >= 0.6 is 11.6 Å². The lowest BCUT2D eigenvalue weighted by atomic mass is 10.1. The standard InChI is InChI=1S/C13H16ClN3/c1-15-8-7-12-13(17(2)9-16-12)10-5-3-4-6-11(10)14/h3-6,9,15H,7-8H2,1-2H3. The van der Waals surface area contributed by atoms with Crippen LogP contribution in [0.5, 0.6) is 0 Å². The van der Waals surface area contributed by atoms with E-state index in [1.807, 2.05) is 49.3 Å². The van der Waals surface area contributed by atoms with Crippen LogP contribution in [0.2, 0.25) is 5.02 Å². The quantitative estimate of drug-likeness (QED) is 0.902. The summed E-state index contributed by atoms with van der Waals surface area (Å²) in [4.78, 5) is 4.44. The van der Waals surface area contributed by atoms with Crippen molar-refractivity contribution < 1.29 is 0 Å².